The van der Waals surface area contributed by atoms with Gasteiger partial charge in [0.25, 0.3) is 5.78 Å². The van der Waals surface area contributed by atoms with Crippen LogP contribution in [0.2, 0.25) is 10.0 Å². The number of aromatic nitrogens is 4. The van der Waals surface area contributed by atoms with Crippen LogP contribution in [0.4, 0.5) is 0 Å². The van der Waals surface area contributed by atoms with Crippen molar-refractivity contribution in [2.45, 2.75) is 33.1 Å². The van der Waals surface area contributed by atoms with Crippen molar-refractivity contribution < 1.29 is 4.79 Å². The average Bonchev–Trinajstić information content (AvgIpc) is 3.07. The SMILES string of the molecule is Cc1nc2ncnn2c(C)c1CCC(=O)NCCc1cccc(Cl)c1Cl. The first kappa shape index (κ1) is 18.6. The van der Waals surface area contributed by atoms with E-state index in [1.807, 2.05) is 26.0 Å². The van der Waals surface area contributed by atoms with Gasteiger partial charge in [-0.1, -0.05) is 35.3 Å². The maximum absolute atomic E-state index is 12.2. The zero-order valence-corrected chi connectivity index (χ0v) is 16.1. The number of carbonyl (C=O) groups is 1. The Hall–Kier alpha value is -2.18. The molecule has 3 aromatic rings. The van der Waals surface area contributed by atoms with Crippen LogP contribution >= 0.6 is 23.2 Å². The standard InChI is InChI=1S/C18H19Cl2N5O/c1-11-14(12(2)25-18(24-11)22-10-23-25)6-7-16(26)21-9-8-13-4-3-5-15(19)17(13)20/h3-5,10H,6-9H2,1-2H3,(H,21,26). The zero-order chi connectivity index (χ0) is 18.7. The van der Waals surface area contributed by atoms with Crippen LogP contribution in [-0.2, 0) is 17.6 Å². The summed E-state index contributed by atoms with van der Waals surface area (Å²) in [5.74, 6) is 0.562. The van der Waals surface area contributed by atoms with Crippen LogP contribution in [0, 0.1) is 13.8 Å². The zero-order valence-electron chi connectivity index (χ0n) is 14.6. The summed E-state index contributed by atoms with van der Waals surface area (Å²) >= 11 is 12.2. The van der Waals surface area contributed by atoms with Gasteiger partial charge in [-0.3, -0.25) is 4.79 Å². The molecule has 26 heavy (non-hydrogen) atoms. The Bertz CT molecular complexity index is 954. The Labute approximate surface area is 161 Å². The minimum absolute atomic E-state index is 0.0133. The van der Waals surface area contributed by atoms with Gasteiger partial charge in [-0.2, -0.15) is 10.1 Å². The van der Waals surface area contributed by atoms with Crippen LogP contribution in [0.5, 0.6) is 0 Å². The van der Waals surface area contributed by atoms with Crippen molar-refractivity contribution in [3.63, 3.8) is 0 Å². The number of fused-ring (bicyclic) bond motifs is 1. The number of nitrogens with one attached hydrogen (secondary N) is 1. The Morgan fingerprint density at radius 3 is 2.85 bits per heavy atom. The minimum Gasteiger partial charge on any atom is -0.356 e. The highest BCUT2D eigenvalue weighted by atomic mass is 35.5. The van der Waals surface area contributed by atoms with Crippen LogP contribution in [0.15, 0.2) is 24.5 Å². The van der Waals surface area contributed by atoms with Crippen LogP contribution in [0.3, 0.4) is 0 Å². The lowest BCUT2D eigenvalue weighted by atomic mass is 10.1. The molecule has 136 valence electrons. The van der Waals surface area contributed by atoms with Crippen LogP contribution in [0.25, 0.3) is 5.78 Å². The van der Waals surface area contributed by atoms with Crippen molar-refractivity contribution >= 4 is 34.9 Å². The van der Waals surface area contributed by atoms with E-state index in [1.54, 1.807) is 10.6 Å². The maximum Gasteiger partial charge on any atom is 0.252 e. The third-order valence-electron chi connectivity index (χ3n) is 4.34. The van der Waals surface area contributed by atoms with E-state index in [0.717, 1.165) is 22.5 Å². The van der Waals surface area contributed by atoms with E-state index in [0.29, 0.717) is 41.6 Å². The molecule has 0 unspecified atom stereocenters. The number of amides is 1. The third-order valence-corrected chi connectivity index (χ3v) is 5.20. The van der Waals surface area contributed by atoms with Gasteiger partial charge in [-0.25, -0.2) is 9.50 Å². The Kier molecular flexibility index (Phi) is 5.74. The molecule has 0 saturated heterocycles. The molecule has 0 aliphatic heterocycles. The summed E-state index contributed by atoms with van der Waals surface area (Å²) in [6, 6.07) is 5.51. The molecule has 0 aliphatic carbocycles. The molecule has 0 radical (unpaired) electrons. The molecule has 1 aromatic carbocycles. The first-order chi connectivity index (χ1) is 12.5. The summed E-state index contributed by atoms with van der Waals surface area (Å²) in [5, 5.41) is 8.16. The second-order valence-electron chi connectivity index (χ2n) is 6.05. The monoisotopic (exact) mass is 391 g/mol. The summed E-state index contributed by atoms with van der Waals surface area (Å²) in [6.07, 6.45) is 3.10. The molecule has 6 nitrogen and oxygen atoms in total. The number of carbonyl (C=O) groups excluding carboxylic acids is 1. The van der Waals surface area contributed by atoms with Gasteiger partial charge >= 0.3 is 0 Å². The van der Waals surface area contributed by atoms with Gasteiger partial charge in [-0.05, 0) is 43.9 Å². The number of hydrogen-bond donors (Lipinski definition) is 1. The molecule has 0 saturated carbocycles. The smallest absolute Gasteiger partial charge is 0.252 e. The van der Waals surface area contributed by atoms with E-state index in [1.165, 1.54) is 6.33 Å². The quantitative estimate of drug-likeness (QED) is 0.699. The Morgan fingerprint density at radius 2 is 2.04 bits per heavy atom. The third kappa shape index (κ3) is 3.97. The lowest BCUT2D eigenvalue weighted by Gasteiger charge is -2.11. The predicted molar refractivity (Wildman–Crippen MR) is 102 cm³/mol. The second-order valence-corrected chi connectivity index (χ2v) is 6.83. The van der Waals surface area contributed by atoms with Crippen LogP contribution < -0.4 is 5.32 Å². The van der Waals surface area contributed by atoms with Crippen molar-refractivity contribution in [2.24, 2.45) is 0 Å². The molecule has 0 fully saturated rings. The number of halogens is 2. The molecule has 0 bridgehead atoms. The number of hydrogen-bond acceptors (Lipinski definition) is 4. The number of aryl methyl sites for hydroxylation is 2. The van der Waals surface area contributed by atoms with Gasteiger partial charge in [0.05, 0.1) is 10.0 Å². The molecular formula is C18H19Cl2N5O. The summed E-state index contributed by atoms with van der Waals surface area (Å²) < 4.78 is 1.70. The molecular weight excluding hydrogens is 373 g/mol. The fourth-order valence-electron chi connectivity index (χ4n) is 2.92. The molecule has 3 rings (SSSR count). The van der Waals surface area contributed by atoms with Crippen molar-refractivity contribution in [2.75, 3.05) is 6.54 Å². The molecule has 1 amide bonds. The number of nitrogens with zero attached hydrogens (tertiary/aromatic N) is 4. The number of rotatable bonds is 6. The van der Waals surface area contributed by atoms with Crippen molar-refractivity contribution in [3.05, 3.63) is 57.1 Å². The molecule has 0 aliphatic rings. The van der Waals surface area contributed by atoms with Crippen molar-refractivity contribution in [3.8, 4) is 0 Å². The minimum atomic E-state index is -0.0133. The average molecular weight is 392 g/mol. The van der Waals surface area contributed by atoms with E-state index in [4.69, 9.17) is 23.2 Å². The first-order valence-corrected chi connectivity index (χ1v) is 9.08. The molecule has 2 aromatic heterocycles. The van der Waals surface area contributed by atoms with E-state index in [9.17, 15) is 4.79 Å². The van der Waals surface area contributed by atoms with Gasteiger partial charge in [0.2, 0.25) is 5.91 Å². The van der Waals surface area contributed by atoms with E-state index >= 15 is 0 Å². The Balaban J connectivity index is 1.55. The highest BCUT2D eigenvalue weighted by Crippen LogP contribution is 2.25. The topological polar surface area (TPSA) is 72.2 Å². The Morgan fingerprint density at radius 1 is 1.23 bits per heavy atom. The molecule has 8 heteroatoms. The molecule has 0 atom stereocenters. The lowest BCUT2D eigenvalue weighted by molar-refractivity contribution is -0.121. The van der Waals surface area contributed by atoms with Crippen molar-refractivity contribution in [1.29, 1.82) is 0 Å². The fraction of sp³-hybridized carbons (Fsp3) is 0.333. The highest BCUT2D eigenvalue weighted by molar-refractivity contribution is 6.42. The predicted octanol–water partition coefficient (Wildman–Crippen LogP) is 3.34. The van der Waals surface area contributed by atoms with Gasteiger partial charge in [-0.15, -0.1) is 0 Å². The largest absolute Gasteiger partial charge is 0.356 e. The fourth-order valence-corrected chi connectivity index (χ4v) is 3.34. The number of benzene rings is 1. The molecule has 1 N–H and O–H groups in total. The van der Waals surface area contributed by atoms with Gasteiger partial charge in [0.15, 0.2) is 0 Å². The van der Waals surface area contributed by atoms with Crippen LogP contribution in [0.1, 0.15) is 28.9 Å². The summed E-state index contributed by atoms with van der Waals surface area (Å²) in [5.41, 5.74) is 3.79. The van der Waals surface area contributed by atoms with E-state index < -0.39 is 0 Å². The van der Waals surface area contributed by atoms with Crippen LogP contribution in [-0.4, -0.2) is 32.0 Å². The second kappa shape index (κ2) is 8.01. The van der Waals surface area contributed by atoms with Gasteiger partial charge < -0.3 is 5.32 Å². The van der Waals surface area contributed by atoms with E-state index in [-0.39, 0.29) is 5.91 Å². The molecule has 0 spiro atoms. The summed E-state index contributed by atoms with van der Waals surface area (Å²) in [4.78, 5) is 20.7. The van der Waals surface area contributed by atoms with Gasteiger partial charge in [0, 0.05) is 24.4 Å². The first-order valence-electron chi connectivity index (χ1n) is 8.32. The van der Waals surface area contributed by atoms with E-state index in [2.05, 4.69) is 20.4 Å². The summed E-state index contributed by atoms with van der Waals surface area (Å²) in [6.45, 7) is 4.40. The van der Waals surface area contributed by atoms with Crippen molar-refractivity contribution in [1.82, 2.24) is 24.9 Å². The maximum atomic E-state index is 12.2. The summed E-state index contributed by atoms with van der Waals surface area (Å²) in [7, 11) is 0. The van der Waals surface area contributed by atoms with Gasteiger partial charge in [0.1, 0.15) is 6.33 Å². The highest BCUT2D eigenvalue weighted by Gasteiger charge is 2.12. The lowest BCUT2D eigenvalue weighted by Crippen LogP contribution is -2.26. The molecule has 2 heterocycles. The normalized spacial score (nSPS) is 11.1.